The van der Waals surface area contributed by atoms with E-state index in [-0.39, 0.29) is 20.1 Å². The Kier molecular flexibility index (Phi) is 7.95. The van der Waals surface area contributed by atoms with Gasteiger partial charge in [0.25, 0.3) is 0 Å². The Balaban J connectivity index is 0.000000200. The first kappa shape index (κ1) is 27.2. The quantitative estimate of drug-likeness (QED) is 0.137. The summed E-state index contributed by atoms with van der Waals surface area (Å²) < 4.78 is 6.27. The van der Waals surface area contributed by atoms with Gasteiger partial charge in [-0.1, -0.05) is 71.7 Å². The zero-order valence-electron chi connectivity index (χ0n) is 22.4. The van der Waals surface area contributed by atoms with Crippen LogP contribution in [0.25, 0.3) is 44.5 Å². The van der Waals surface area contributed by atoms with Crippen molar-refractivity contribution in [2.45, 2.75) is 38.4 Å². The van der Waals surface area contributed by atoms with Crippen LogP contribution in [0, 0.1) is 12.1 Å². The third-order valence-electron chi connectivity index (χ3n) is 7.04. The SMILES string of the molecule is C[Si](C)(C)c1ccc2oc3c(-c4cc(C5CC5)ccn4)[c-]ccc3c2c1.[Ir].[c-]1ccccc1-c1ccccn1. The van der Waals surface area contributed by atoms with E-state index in [4.69, 9.17) is 4.42 Å². The van der Waals surface area contributed by atoms with E-state index >= 15 is 0 Å². The average Bonchev–Trinajstić information content (AvgIpc) is 3.74. The average molecular weight is 703 g/mol. The Labute approximate surface area is 244 Å². The van der Waals surface area contributed by atoms with E-state index in [2.05, 4.69) is 78.1 Å². The van der Waals surface area contributed by atoms with Crippen LogP contribution in [0.2, 0.25) is 19.6 Å². The third-order valence-corrected chi connectivity index (χ3v) is 9.08. The van der Waals surface area contributed by atoms with Crippen LogP contribution in [0.5, 0.6) is 0 Å². The summed E-state index contributed by atoms with van der Waals surface area (Å²) in [6.07, 6.45) is 6.29. The fourth-order valence-corrected chi connectivity index (χ4v) is 5.89. The standard InChI is InChI=1S/C23H22NOSi.C11H8N.Ir/c1-26(2,3)17-9-10-22-20(14-17)18-5-4-6-19(23(18)25-22)21-13-16(11-12-24-21)15-7-8-15;1-2-6-10(7-3-1)11-8-4-5-9-12-11;/h4-5,9-15H,7-8H2,1-3H3;1-6,8-9H;/q2*-1;. The molecule has 7 rings (SSSR count). The Morgan fingerprint density at radius 2 is 1.59 bits per heavy atom. The number of fused-ring (bicyclic) bond motifs is 3. The topological polar surface area (TPSA) is 38.9 Å². The van der Waals surface area contributed by atoms with E-state index in [0.29, 0.717) is 5.92 Å². The maximum absolute atomic E-state index is 6.27. The fraction of sp³-hybridized carbons (Fsp3) is 0.176. The first-order valence-corrected chi connectivity index (χ1v) is 16.7. The van der Waals surface area contributed by atoms with Crippen molar-refractivity contribution in [2.75, 3.05) is 0 Å². The maximum atomic E-state index is 6.27. The van der Waals surface area contributed by atoms with E-state index in [0.717, 1.165) is 39.1 Å². The van der Waals surface area contributed by atoms with Crippen LogP contribution in [-0.2, 0) is 20.1 Å². The minimum atomic E-state index is -1.36. The summed E-state index contributed by atoms with van der Waals surface area (Å²) in [7, 11) is -1.36. The van der Waals surface area contributed by atoms with Gasteiger partial charge in [0.1, 0.15) is 5.58 Å². The van der Waals surface area contributed by atoms with Gasteiger partial charge in [0.15, 0.2) is 0 Å². The number of benzene rings is 3. The molecule has 6 aromatic rings. The molecule has 0 unspecified atom stereocenters. The van der Waals surface area contributed by atoms with Gasteiger partial charge in [-0.3, -0.25) is 0 Å². The molecule has 0 atom stereocenters. The molecule has 0 saturated heterocycles. The van der Waals surface area contributed by atoms with Gasteiger partial charge in [-0.25, -0.2) is 0 Å². The van der Waals surface area contributed by atoms with Crippen LogP contribution in [0.15, 0.2) is 102 Å². The Bertz CT molecular complexity index is 1670. The predicted molar refractivity (Wildman–Crippen MR) is 159 cm³/mol. The van der Waals surface area contributed by atoms with Gasteiger partial charge in [0.2, 0.25) is 0 Å². The van der Waals surface area contributed by atoms with Crippen molar-refractivity contribution in [3.63, 3.8) is 0 Å². The monoisotopic (exact) mass is 703 g/mol. The molecule has 0 aliphatic heterocycles. The molecule has 0 amide bonds. The molecule has 0 bridgehead atoms. The molecule has 1 fully saturated rings. The van der Waals surface area contributed by atoms with Crippen molar-refractivity contribution in [3.8, 4) is 22.5 Å². The predicted octanol–water partition coefficient (Wildman–Crippen LogP) is 8.42. The zero-order chi connectivity index (χ0) is 26.1. The fourth-order valence-electron chi connectivity index (χ4n) is 4.73. The van der Waals surface area contributed by atoms with Crippen LogP contribution in [0.1, 0.15) is 24.3 Å². The summed E-state index contributed by atoms with van der Waals surface area (Å²) >= 11 is 0. The van der Waals surface area contributed by atoms with E-state index in [1.54, 1.807) is 6.20 Å². The third kappa shape index (κ3) is 5.96. The normalized spacial score (nSPS) is 13.0. The second-order valence-corrected chi connectivity index (χ2v) is 16.0. The number of hydrogen-bond acceptors (Lipinski definition) is 3. The number of nitrogens with zero attached hydrogens (tertiary/aromatic N) is 2. The molecule has 197 valence electrons. The van der Waals surface area contributed by atoms with Crippen molar-refractivity contribution < 1.29 is 24.5 Å². The Hall–Kier alpha value is -3.37. The summed E-state index contributed by atoms with van der Waals surface area (Å²) in [5.74, 6) is 0.714. The number of hydrogen-bond donors (Lipinski definition) is 0. The first-order valence-electron chi connectivity index (χ1n) is 13.2. The van der Waals surface area contributed by atoms with Crippen molar-refractivity contribution in [2.24, 2.45) is 0 Å². The van der Waals surface area contributed by atoms with Gasteiger partial charge in [-0.05, 0) is 48.3 Å². The van der Waals surface area contributed by atoms with E-state index in [9.17, 15) is 0 Å². The molecule has 1 saturated carbocycles. The van der Waals surface area contributed by atoms with Crippen LogP contribution in [0.4, 0.5) is 0 Å². The summed E-state index contributed by atoms with van der Waals surface area (Å²) in [5.41, 5.74) is 7.17. The molecular formula is C34H30IrN2OSi-2. The van der Waals surface area contributed by atoms with E-state index in [1.165, 1.54) is 29.0 Å². The minimum Gasteiger partial charge on any atom is -0.501 e. The van der Waals surface area contributed by atoms with E-state index in [1.807, 2.05) is 54.7 Å². The van der Waals surface area contributed by atoms with Gasteiger partial charge in [-0.2, -0.15) is 0 Å². The molecule has 3 heterocycles. The number of rotatable bonds is 4. The van der Waals surface area contributed by atoms with Crippen LogP contribution >= 0.6 is 0 Å². The molecule has 5 heteroatoms. The molecule has 1 radical (unpaired) electrons. The zero-order valence-corrected chi connectivity index (χ0v) is 25.8. The second-order valence-electron chi connectivity index (χ2n) is 10.9. The summed E-state index contributed by atoms with van der Waals surface area (Å²) in [5, 5.41) is 3.82. The molecule has 3 aromatic carbocycles. The van der Waals surface area contributed by atoms with Crippen molar-refractivity contribution in [1.82, 2.24) is 9.97 Å². The molecule has 0 spiro atoms. The van der Waals surface area contributed by atoms with Gasteiger partial charge in [0, 0.05) is 37.9 Å². The molecule has 1 aliphatic rings. The first-order chi connectivity index (χ1) is 18.5. The second kappa shape index (κ2) is 11.4. The van der Waals surface area contributed by atoms with Crippen molar-refractivity contribution >= 4 is 35.2 Å². The van der Waals surface area contributed by atoms with Gasteiger partial charge < -0.3 is 14.4 Å². The molecular weight excluding hydrogens is 673 g/mol. The summed E-state index contributed by atoms with van der Waals surface area (Å²) in [4.78, 5) is 8.83. The molecule has 1 aliphatic carbocycles. The minimum absolute atomic E-state index is 0. The number of pyridine rings is 2. The summed E-state index contributed by atoms with van der Waals surface area (Å²) in [6.45, 7) is 7.13. The molecule has 3 nitrogen and oxygen atoms in total. The molecule has 3 aromatic heterocycles. The van der Waals surface area contributed by atoms with Crippen LogP contribution in [0.3, 0.4) is 0 Å². The van der Waals surface area contributed by atoms with Crippen LogP contribution < -0.4 is 5.19 Å². The van der Waals surface area contributed by atoms with Crippen molar-refractivity contribution in [1.29, 1.82) is 0 Å². The Morgan fingerprint density at radius 1 is 0.769 bits per heavy atom. The van der Waals surface area contributed by atoms with Gasteiger partial charge in [-0.15, -0.1) is 54.1 Å². The largest absolute Gasteiger partial charge is 0.501 e. The van der Waals surface area contributed by atoms with Crippen molar-refractivity contribution in [3.05, 3.63) is 115 Å². The summed E-state index contributed by atoms with van der Waals surface area (Å²) in [6, 6.07) is 35.3. The maximum Gasteiger partial charge on any atom is 0.120 e. The molecule has 39 heavy (non-hydrogen) atoms. The number of furan rings is 1. The number of aromatic nitrogens is 2. The Morgan fingerprint density at radius 3 is 2.31 bits per heavy atom. The van der Waals surface area contributed by atoms with Gasteiger partial charge in [0.05, 0.1) is 13.7 Å². The van der Waals surface area contributed by atoms with Gasteiger partial charge >= 0.3 is 0 Å². The smallest absolute Gasteiger partial charge is 0.120 e. The molecule has 0 N–H and O–H groups in total. The van der Waals surface area contributed by atoms with E-state index < -0.39 is 8.07 Å². The van der Waals surface area contributed by atoms with Crippen LogP contribution in [-0.4, -0.2) is 18.0 Å².